The van der Waals surface area contributed by atoms with E-state index in [1.165, 1.54) is 23.1 Å². The Bertz CT molecular complexity index is 1450. The first-order valence-electron chi connectivity index (χ1n) is 15.0. The molecule has 1 aliphatic heterocycles. The van der Waals surface area contributed by atoms with Gasteiger partial charge in [0.2, 0.25) is 11.8 Å². The summed E-state index contributed by atoms with van der Waals surface area (Å²) in [6.07, 6.45) is 8.19. The normalized spacial score (nSPS) is 20.3. The van der Waals surface area contributed by atoms with Gasteiger partial charge in [0, 0.05) is 35.8 Å². The highest BCUT2D eigenvalue weighted by Crippen LogP contribution is 2.35. The molecule has 3 aliphatic rings. The van der Waals surface area contributed by atoms with Gasteiger partial charge >= 0.3 is 0 Å². The molecule has 7 heteroatoms. The fraction of sp³-hybridized carbons (Fsp3) is 0.441. The summed E-state index contributed by atoms with van der Waals surface area (Å²) in [7, 11) is 0. The van der Waals surface area contributed by atoms with Crippen LogP contribution < -0.4 is 20.7 Å². The zero-order valence-electron chi connectivity index (χ0n) is 24.3. The van der Waals surface area contributed by atoms with E-state index in [0.29, 0.717) is 29.8 Å². The Labute approximate surface area is 242 Å². The lowest BCUT2D eigenvalue weighted by Gasteiger charge is -2.26. The lowest BCUT2D eigenvalue weighted by atomic mass is 9.83. The molecule has 2 atom stereocenters. The van der Waals surface area contributed by atoms with Gasteiger partial charge in [0.05, 0.1) is 0 Å². The van der Waals surface area contributed by atoms with Crippen LogP contribution in [0.5, 0.6) is 11.5 Å². The number of nitrogens with zero attached hydrogens (tertiary/aromatic N) is 1. The molecule has 1 saturated carbocycles. The molecule has 6 rings (SSSR count). The average molecular weight is 553 g/mol. The summed E-state index contributed by atoms with van der Waals surface area (Å²) in [5.41, 5.74) is 5.78. The highest BCUT2D eigenvalue weighted by molar-refractivity contribution is 5.94. The summed E-state index contributed by atoms with van der Waals surface area (Å²) < 4.78 is 6.14. The number of fused-ring (bicyclic) bond motifs is 1. The molecule has 0 radical (unpaired) electrons. The number of ether oxygens (including phenoxy) is 1. The van der Waals surface area contributed by atoms with Crippen molar-refractivity contribution in [2.24, 2.45) is 11.8 Å². The molecule has 1 unspecified atom stereocenters. The number of hydrogen-bond donors (Lipinski definition) is 3. The number of carbonyl (C=O) groups is 2. The van der Waals surface area contributed by atoms with Crippen LogP contribution in [0.3, 0.4) is 0 Å². The van der Waals surface area contributed by atoms with Crippen LogP contribution in [0.15, 0.2) is 54.7 Å². The number of aromatic nitrogens is 1. The van der Waals surface area contributed by atoms with E-state index in [9.17, 15) is 9.59 Å². The second-order valence-electron chi connectivity index (χ2n) is 12.8. The maximum absolute atomic E-state index is 13.5. The molecular weight excluding hydrogens is 512 g/mol. The maximum atomic E-state index is 13.5. The van der Waals surface area contributed by atoms with Gasteiger partial charge in [-0.3, -0.25) is 9.59 Å². The molecule has 41 heavy (non-hydrogen) atoms. The Kier molecular flexibility index (Phi) is 7.56. The van der Waals surface area contributed by atoms with Gasteiger partial charge in [0.25, 0.3) is 0 Å². The van der Waals surface area contributed by atoms with Crippen LogP contribution in [0.2, 0.25) is 0 Å². The number of aryl methyl sites for hydroxylation is 1. The summed E-state index contributed by atoms with van der Waals surface area (Å²) in [4.78, 5) is 29.9. The Balaban J connectivity index is 1.14. The number of anilines is 2. The molecular formula is C34H40N4O3. The van der Waals surface area contributed by atoms with Gasteiger partial charge in [-0.15, -0.1) is 0 Å². The van der Waals surface area contributed by atoms with Crippen LogP contribution in [0, 0.1) is 11.8 Å². The SMILES string of the molecule is CC(C)(C)c1cc(NC(=O)C2CCc3ccc(Oc4ccnc(NC(=O)C5CC5)c4)cc3C2)cc([C@@H]2CCCN2)c1. The average Bonchev–Trinajstić information content (AvgIpc) is 3.66. The number of carbonyl (C=O) groups excluding carboxylic acids is 2. The van der Waals surface area contributed by atoms with Gasteiger partial charge in [0.1, 0.15) is 17.3 Å². The number of amides is 2. The van der Waals surface area contributed by atoms with Gasteiger partial charge in [-0.2, -0.15) is 0 Å². The van der Waals surface area contributed by atoms with Crippen molar-refractivity contribution in [3.63, 3.8) is 0 Å². The van der Waals surface area contributed by atoms with Crippen LogP contribution in [0.25, 0.3) is 0 Å². The quantitative estimate of drug-likeness (QED) is 0.304. The van der Waals surface area contributed by atoms with Crippen molar-refractivity contribution in [1.82, 2.24) is 10.3 Å². The van der Waals surface area contributed by atoms with Gasteiger partial charge in [0.15, 0.2) is 0 Å². The van der Waals surface area contributed by atoms with E-state index in [-0.39, 0.29) is 29.1 Å². The Hall–Kier alpha value is -3.71. The fourth-order valence-electron chi connectivity index (χ4n) is 5.85. The van der Waals surface area contributed by atoms with Crippen LogP contribution >= 0.6 is 0 Å². The first-order valence-corrected chi connectivity index (χ1v) is 15.0. The van der Waals surface area contributed by atoms with E-state index in [1.807, 2.05) is 12.1 Å². The van der Waals surface area contributed by atoms with Crippen molar-refractivity contribution in [3.05, 3.63) is 77.0 Å². The third-order valence-electron chi connectivity index (χ3n) is 8.50. The molecule has 1 aromatic heterocycles. The Morgan fingerprint density at radius 3 is 2.44 bits per heavy atom. The minimum absolute atomic E-state index is 0.00728. The van der Waals surface area contributed by atoms with Crippen molar-refractivity contribution in [1.29, 1.82) is 0 Å². The fourth-order valence-corrected chi connectivity index (χ4v) is 5.85. The topological polar surface area (TPSA) is 92.3 Å². The summed E-state index contributed by atoms with van der Waals surface area (Å²) in [5.74, 6) is 1.92. The molecule has 214 valence electrons. The lowest BCUT2D eigenvalue weighted by molar-refractivity contribution is -0.120. The minimum Gasteiger partial charge on any atom is -0.457 e. The predicted molar refractivity (Wildman–Crippen MR) is 161 cm³/mol. The van der Waals surface area contributed by atoms with Crippen LogP contribution in [0.4, 0.5) is 11.5 Å². The smallest absolute Gasteiger partial charge is 0.228 e. The van der Waals surface area contributed by atoms with Crippen molar-refractivity contribution in [3.8, 4) is 11.5 Å². The van der Waals surface area contributed by atoms with Gasteiger partial charge in [-0.1, -0.05) is 32.9 Å². The number of nitrogens with one attached hydrogen (secondary N) is 3. The maximum Gasteiger partial charge on any atom is 0.228 e. The highest BCUT2D eigenvalue weighted by atomic mass is 16.5. The van der Waals surface area contributed by atoms with Gasteiger partial charge in [-0.05, 0) is 109 Å². The second-order valence-corrected chi connectivity index (χ2v) is 12.8. The second kappa shape index (κ2) is 11.3. The molecule has 2 amide bonds. The zero-order valence-corrected chi connectivity index (χ0v) is 24.3. The number of pyridine rings is 1. The van der Waals surface area contributed by atoms with Crippen molar-refractivity contribution < 1.29 is 14.3 Å². The standard InChI is InChI=1S/C34H40N4O3/c1-34(2,3)26-16-25(30-5-4-13-35-30)17-27(19-26)37-33(40)23-9-6-21-10-11-28(18-24(21)15-23)41-29-12-14-36-31(20-29)38-32(39)22-7-8-22/h10-12,14,16-20,22-23,30,35H,4-9,13,15H2,1-3H3,(H,37,40)(H,36,38,39)/t23?,30-/m0/s1. The monoisotopic (exact) mass is 552 g/mol. The van der Waals surface area contributed by atoms with E-state index >= 15 is 0 Å². The van der Waals surface area contributed by atoms with E-state index in [2.05, 4.69) is 66.0 Å². The van der Waals surface area contributed by atoms with Crippen LogP contribution in [-0.2, 0) is 27.8 Å². The first-order chi connectivity index (χ1) is 19.7. The van der Waals surface area contributed by atoms with Crippen LogP contribution in [0.1, 0.15) is 81.2 Å². The number of hydrogen-bond acceptors (Lipinski definition) is 5. The van der Waals surface area contributed by atoms with Crippen molar-refractivity contribution >= 4 is 23.3 Å². The highest BCUT2D eigenvalue weighted by Gasteiger charge is 2.30. The van der Waals surface area contributed by atoms with E-state index < -0.39 is 0 Å². The summed E-state index contributed by atoms with van der Waals surface area (Å²) in [6, 6.07) is 16.6. The number of rotatable bonds is 7. The lowest BCUT2D eigenvalue weighted by Crippen LogP contribution is -2.28. The minimum atomic E-state index is -0.103. The van der Waals surface area contributed by atoms with E-state index in [4.69, 9.17) is 4.74 Å². The number of benzene rings is 2. The molecule has 7 nitrogen and oxygen atoms in total. The molecule has 2 aromatic carbocycles. The molecule has 0 spiro atoms. The summed E-state index contributed by atoms with van der Waals surface area (Å²) in [6.45, 7) is 7.69. The predicted octanol–water partition coefficient (Wildman–Crippen LogP) is 6.69. The third kappa shape index (κ3) is 6.62. The molecule has 2 fully saturated rings. The van der Waals surface area contributed by atoms with E-state index in [1.54, 1.807) is 18.3 Å². The zero-order chi connectivity index (χ0) is 28.6. The van der Waals surface area contributed by atoms with Gasteiger partial charge in [-0.25, -0.2) is 4.98 Å². The molecule has 0 bridgehead atoms. The van der Waals surface area contributed by atoms with Crippen molar-refractivity contribution in [2.75, 3.05) is 17.2 Å². The van der Waals surface area contributed by atoms with Crippen LogP contribution in [-0.4, -0.2) is 23.3 Å². The largest absolute Gasteiger partial charge is 0.457 e. The Morgan fingerprint density at radius 2 is 1.68 bits per heavy atom. The van der Waals surface area contributed by atoms with Crippen molar-refractivity contribution in [2.45, 2.75) is 77.2 Å². The molecule has 2 heterocycles. The molecule has 2 aliphatic carbocycles. The summed E-state index contributed by atoms with van der Waals surface area (Å²) in [5, 5.41) is 9.74. The molecule has 1 saturated heterocycles. The molecule has 3 N–H and O–H groups in total. The van der Waals surface area contributed by atoms with Gasteiger partial charge < -0.3 is 20.7 Å². The summed E-state index contributed by atoms with van der Waals surface area (Å²) >= 11 is 0. The van der Waals surface area contributed by atoms with E-state index in [0.717, 1.165) is 49.9 Å². The third-order valence-corrected chi connectivity index (χ3v) is 8.50. The first kappa shape index (κ1) is 27.5. The Morgan fingerprint density at radius 1 is 0.878 bits per heavy atom. The molecule has 3 aromatic rings.